The molecule has 0 bridgehead atoms. The van der Waals surface area contributed by atoms with Crippen molar-refractivity contribution in [2.75, 3.05) is 16.8 Å². The van der Waals surface area contributed by atoms with E-state index < -0.39 is 0 Å². The molecule has 18 heavy (non-hydrogen) atoms. The van der Waals surface area contributed by atoms with E-state index >= 15 is 0 Å². The molecule has 1 aromatic rings. The summed E-state index contributed by atoms with van der Waals surface area (Å²) in [5.41, 5.74) is 1.85. The summed E-state index contributed by atoms with van der Waals surface area (Å²) in [6, 6.07) is 4.75. The molecular weight excluding hydrogens is 297 g/mol. The highest BCUT2D eigenvalue weighted by Gasteiger charge is 2.23. The Labute approximate surface area is 115 Å². The average molecular weight is 314 g/mol. The van der Waals surface area contributed by atoms with Crippen LogP contribution in [0, 0.1) is 5.82 Å². The molecule has 4 heteroatoms. The highest BCUT2D eigenvalue weighted by molar-refractivity contribution is 9.09. The summed E-state index contributed by atoms with van der Waals surface area (Å²) in [7, 11) is 0. The third-order valence-electron chi connectivity index (χ3n) is 3.26. The van der Waals surface area contributed by atoms with Gasteiger partial charge in [-0.3, -0.25) is 4.79 Å². The number of nitrogens with zero attached hydrogens (tertiary/aromatic N) is 1. The molecule has 0 saturated carbocycles. The fraction of sp³-hybridized carbons (Fsp3) is 0.500. The van der Waals surface area contributed by atoms with Crippen molar-refractivity contribution in [3.63, 3.8) is 0 Å². The van der Waals surface area contributed by atoms with Gasteiger partial charge in [0, 0.05) is 24.0 Å². The molecule has 1 aliphatic rings. The topological polar surface area (TPSA) is 20.3 Å². The lowest BCUT2D eigenvalue weighted by Gasteiger charge is -2.29. The molecule has 0 aliphatic carbocycles. The number of anilines is 1. The first-order valence-corrected chi connectivity index (χ1v) is 7.49. The second-order valence-corrected chi connectivity index (χ2v) is 5.36. The molecule has 0 spiro atoms. The molecule has 1 amide bonds. The van der Waals surface area contributed by atoms with E-state index in [1.54, 1.807) is 11.0 Å². The molecular formula is C14H17BrFNO. The molecule has 0 atom stereocenters. The molecule has 98 valence electrons. The molecule has 1 heterocycles. The first-order valence-electron chi connectivity index (χ1n) is 6.37. The summed E-state index contributed by atoms with van der Waals surface area (Å²) in [4.78, 5) is 13.7. The van der Waals surface area contributed by atoms with Crippen molar-refractivity contribution in [1.29, 1.82) is 0 Å². The third kappa shape index (κ3) is 3.10. The standard InChI is InChI=1S/C14H17BrFNO/c15-8-2-1-3-9-17-13-10-12(16)6-4-11(13)5-7-14(17)18/h4,6,10H,1-3,5,7-9H2. The van der Waals surface area contributed by atoms with E-state index in [9.17, 15) is 9.18 Å². The number of alkyl halides is 1. The van der Waals surface area contributed by atoms with Crippen LogP contribution in [0.5, 0.6) is 0 Å². The highest BCUT2D eigenvalue weighted by atomic mass is 79.9. The second kappa shape index (κ2) is 6.32. The Morgan fingerprint density at radius 1 is 1.22 bits per heavy atom. The van der Waals surface area contributed by atoms with Crippen LogP contribution in [0.4, 0.5) is 10.1 Å². The lowest BCUT2D eigenvalue weighted by molar-refractivity contribution is -0.118. The van der Waals surface area contributed by atoms with Gasteiger partial charge in [0.25, 0.3) is 0 Å². The SMILES string of the molecule is O=C1CCc2ccc(F)cc2N1CCCCCBr. The van der Waals surface area contributed by atoms with Crippen molar-refractivity contribution in [3.8, 4) is 0 Å². The first kappa shape index (κ1) is 13.5. The van der Waals surface area contributed by atoms with Gasteiger partial charge in [0.05, 0.1) is 0 Å². The number of aryl methyl sites for hydroxylation is 1. The van der Waals surface area contributed by atoms with Gasteiger partial charge < -0.3 is 4.90 Å². The van der Waals surface area contributed by atoms with Crippen LogP contribution >= 0.6 is 15.9 Å². The molecule has 0 fully saturated rings. The van der Waals surface area contributed by atoms with Crippen molar-refractivity contribution in [1.82, 2.24) is 0 Å². The molecule has 1 aromatic carbocycles. The van der Waals surface area contributed by atoms with Gasteiger partial charge in [0.15, 0.2) is 0 Å². The Bertz CT molecular complexity index is 436. The summed E-state index contributed by atoms with van der Waals surface area (Å²) in [5.74, 6) is -0.152. The maximum absolute atomic E-state index is 13.3. The van der Waals surface area contributed by atoms with Crippen molar-refractivity contribution < 1.29 is 9.18 Å². The number of hydrogen-bond acceptors (Lipinski definition) is 1. The molecule has 0 radical (unpaired) electrons. The number of rotatable bonds is 5. The molecule has 0 N–H and O–H groups in total. The van der Waals surface area contributed by atoms with Gasteiger partial charge in [0.1, 0.15) is 5.82 Å². The van der Waals surface area contributed by atoms with Gasteiger partial charge in [-0.25, -0.2) is 4.39 Å². The zero-order chi connectivity index (χ0) is 13.0. The summed E-state index contributed by atoms with van der Waals surface area (Å²) in [6.07, 6.45) is 4.43. The lowest BCUT2D eigenvalue weighted by Crippen LogP contribution is -2.36. The van der Waals surface area contributed by atoms with Gasteiger partial charge in [-0.2, -0.15) is 0 Å². The maximum Gasteiger partial charge on any atom is 0.227 e. The zero-order valence-corrected chi connectivity index (χ0v) is 11.9. The fourth-order valence-electron chi connectivity index (χ4n) is 2.30. The summed E-state index contributed by atoms with van der Waals surface area (Å²) in [6.45, 7) is 0.697. The van der Waals surface area contributed by atoms with Crippen LogP contribution in [-0.2, 0) is 11.2 Å². The van der Waals surface area contributed by atoms with Gasteiger partial charge in [-0.15, -0.1) is 0 Å². The third-order valence-corrected chi connectivity index (χ3v) is 3.82. The highest BCUT2D eigenvalue weighted by Crippen LogP contribution is 2.28. The van der Waals surface area contributed by atoms with E-state index in [1.807, 2.05) is 0 Å². The second-order valence-electron chi connectivity index (χ2n) is 4.57. The van der Waals surface area contributed by atoms with Crippen LogP contribution in [0.25, 0.3) is 0 Å². The van der Waals surface area contributed by atoms with Crippen LogP contribution < -0.4 is 4.90 Å². The van der Waals surface area contributed by atoms with E-state index in [0.29, 0.717) is 13.0 Å². The van der Waals surface area contributed by atoms with Crippen LogP contribution in [0.15, 0.2) is 18.2 Å². The first-order chi connectivity index (χ1) is 8.72. The fourth-order valence-corrected chi connectivity index (χ4v) is 2.69. The van der Waals surface area contributed by atoms with E-state index in [-0.39, 0.29) is 11.7 Å². The van der Waals surface area contributed by atoms with Crippen molar-refractivity contribution in [3.05, 3.63) is 29.6 Å². The van der Waals surface area contributed by atoms with Gasteiger partial charge in [-0.05, 0) is 37.0 Å². The molecule has 2 rings (SSSR count). The van der Waals surface area contributed by atoms with Crippen molar-refractivity contribution in [2.45, 2.75) is 32.1 Å². The smallest absolute Gasteiger partial charge is 0.227 e. The van der Waals surface area contributed by atoms with Gasteiger partial charge in [0.2, 0.25) is 5.91 Å². The van der Waals surface area contributed by atoms with E-state index in [4.69, 9.17) is 0 Å². The minimum absolute atomic E-state index is 0.118. The normalized spacial score (nSPS) is 14.8. The Hall–Kier alpha value is -0.900. The Morgan fingerprint density at radius 2 is 2.06 bits per heavy atom. The number of unbranched alkanes of at least 4 members (excludes halogenated alkanes) is 2. The largest absolute Gasteiger partial charge is 0.312 e. The van der Waals surface area contributed by atoms with Crippen LogP contribution in [-0.4, -0.2) is 17.8 Å². The monoisotopic (exact) mass is 313 g/mol. The predicted molar refractivity (Wildman–Crippen MR) is 74.7 cm³/mol. The summed E-state index contributed by atoms with van der Waals surface area (Å²) in [5, 5.41) is 0.992. The number of fused-ring (bicyclic) bond motifs is 1. The quantitative estimate of drug-likeness (QED) is 0.600. The summed E-state index contributed by atoms with van der Waals surface area (Å²) < 4.78 is 13.3. The van der Waals surface area contributed by atoms with Crippen LogP contribution in [0.2, 0.25) is 0 Å². The number of benzene rings is 1. The molecule has 2 nitrogen and oxygen atoms in total. The van der Waals surface area contributed by atoms with Crippen molar-refractivity contribution in [2.24, 2.45) is 0 Å². The van der Waals surface area contributed by atoms with E-state index in [0.717, 1.165) is 42.3 Å². The minimum atomic E-state index is -0.270. The summed E-state index contributed by atoms with van der Waals surface area (Å²) >= 11 is 3.39. The minimum Gasteiger partial charge on any atom is -0.312 e. The Kier molecular flexibility index (Phi) is 4.75. The number of hydrogen-bond donors (Lipinski definition) is 0. The van der Waals surface area contributed by atoms with Crippen molar-refractivity contribution >= 4 is 27.5 Å². The molecule has 0 aromatic heterocycles. The number of carbonyl (C=O) groups excluding carboxylic acids is 1. The van der Waals surface area contributed by atoms with E-state index in [1.165, 1.54) is 12.1 Å². The lowest BCUT2D eigenvalue weighted by atomic mass is 10.0. The molecule has 1 aliphatic heterocycles. The van der Waals surface area contributed by atoms with Crippen LogP contribution in [0.1, 0.15) is 31.2 Å². The zero-order valence-electron chi connectivity index (χ0n) is 10.3. The van der Waals surface area contributed by atoms with E-state index in [2.05, 4.69) is 15.9 Å². The van der Waals surface area contributed by atoms with Crippen LogP contribution in [0.3, 0.4) is 0 Å². The number of halogens is 2. The Morgan fingerprint density at radius 3 is 2.83 bits per heavy atom. The number of amides is 1. The molecule has 0 saturated heterocycles. The molecule has 0 unspecified atom stereocenters. The van der Waals surface area contributed by atoms with Gasteiger partial charge in [-0.1, -0.05) is 28.4 Å². The van der Waals surface area contributed by atoms with Gasteiger partial charge >= 0.3 is 0 Å². The number of carbonyl (C=O) groups is 1. The Balaban J connectivity index is 2.09. The average Bonchev–Trinajstić information content (AvgIpc) is 2.36. The maximum atomic E-state index is 13.3. The predicted octanol–water partition coefficient (Wildman–Crippen LogP) is 3.67.